The Morgan fingerprint density at radius 1 is 1.60 bits per heavy atom. The van der Waals surface area contributed by atoms with E-state index in [-0.39, 0.29) is 11.9 Å². The van der Waals surface area contributed by atoms with Gasteiger partial charge in [0.05, 0.1) is 5.56 Å². The summed E-state index contributed by atoms with van der Waals surface area (Å²) >= 11 is 1.86. The smallest absolute Gasteiger partial charge is 0.257 e. The number of thioether (sulfide) groups is 1. The zero-order valence-electron chi connectivity index (χ0n) is 12.4. The van der Waals surface area contributed by atoms with E-state index < -0.39 is 0 Å². The topological polar surface area (TPSA) is 45.2 Å². The Labute approximate surface area is 125 Å². The van der Waals surface area contributed by atoms with Crippen molar-refractivity contribution < 1.29 is 4.79 Å². The van der Waals surface area contributed by atoms with Crippen LogP contribution in [0.3, 0.4) is 0 Å². The van der Waals surface area contributed by atoms with Crippen molar-refractivity contribution in [2.75, 3.05) is 30.4 Å². The van der Waals surface area contributed by atoms with Gasteiger partial charge in [-0.1, -0.05) is 0 Å². The van der Waals surface area contributed by atoms with Gasteiger partial charge in [-0.2, -0.15) is 11.8 Å². The Kier molecular flexibility index (Phi) is 5.29. The highest BCUT2D eigenvalue weighted by Gasteiger charge is 2.28. The molecule has 5 heteroatoms. The first-order chi connectivity index (χ1) is 9.61. The van der Waals surface area contributed by atoms with Crippen molar-refractivity contribution in [1.82, 2.24) is 9.88 Å². The first kappa shape index (κ1) is 15.2. The predicted octanol–water partition coefficient (Wildman–Crippen LogP) is 2.73. The number of rotatable bonds is 5. The minimum Gasteiger partial charge on any atom is -0.367 e. The molecule has 1 amide bonds. The lowest BCUT2D eigenvalue weighted by atomic mass is 10.1. The van der Waals surface area contributed by atoms with Crippen LogP contribution in [0.2, 0.25) is 0 Å². The van der Waals surface area contributed by atoms with Gasteiger partial charge in [0, 0.05) is 25.3 Å². The standard InChI is InChI=1S/C15H23N3OS/c1-11(2)17-14-13(5-4-7-16-14)15(19)18-8-6-12(9-18)10-20-3/h4-5,7,11-12H,6,8-10H2,1-3H3,(H,16,17)/t12-/m0/s1. The Bertz CT molecular complexity index is 464. The summed E-state index contributed by atoms with van der Waals surface area (Å²) in [5, 5.41) is 3.25. The second kappa shape index (κ2) is 6.97. The molecule has 20 heavy (non-hydrogen) atoms. The molecular weight excluding hydrogens is 270 g/mol. The normalized spacial score (nSPS) is 18.6. The monoisotopic (exact) mass is 293 g/mol. The van der Waals surface area contributed by atoms with Gasteiger partial charge in [0.2, 0.25) is 0 Å². The summed E-state index contributed by atoms with van der Waals surface area (Å²) in [6.45, 7) is 5.83. The molecule has 0 bridgehead atoms. The van der Waals surface area contributed by atoms with Crippen LogP contribution < -0.4 is 5.32 Å². The number of nitrogens with one attached hydrogen (secondary N) is 1. The summed E-state index contributed by atoms with van der Waals surface area (Å²) in [6, 6.07) is 3.95. The minimum atomic E-state index is 0.102. The number of carbonyl (C=O) groups is 1. The minimum absolute atomic E-state index is 0.102. The van der Waals surface area contributed by atoms with Gasteiger partial charge >= 0.3 is 0 Å². The number of aromatic nitrogens is 1. The Balaban J connectivity index is 2.10. The summed E-state index contributed by atoms with van der Waals surface area (Å²) in [5.41, 5.74) is 0.686. The van der Waals surface area contributed by atoms with E-state index in [0.29, 0.717) is 17.3 Å². The van der Waals surface area contributed by atoms with Crippen molar-refractivity contribution in [2.45, 2.75) is 26.3 Å². The molecule has 0 unspecified atom stereocenters. The second-order valence-corrected chi connectivity index (χ2v) is 6.47. The Morgan fingerprint density at radius 2 is 2.40 bits per heavy atom. The van der Waals surface area contributed by atoms with Gasteiger partial charge in [0.25, 0.3) is 5.91 Å². The third kappa shape index (κ3) is 3.66. The van der Waals surface area contributed by atoms with E-state index in [2.05, 4.69) is 16.6 Å². The van der Waals surface area contributed by atoms with Crippen LogP contribution in [0, 0.1) is 5.92 Å². The van der Waals surface area contributed by atoms with Gasteiger partial charge in [-0.3, -0.25) is 4.79 Å². The maximum Gasteiger partial charge on any atom is 0.257 e. The van der Waals surface area contributed by atoms with Crippen LogP contribution in [0.4, 0.5) is 5.82 Å². The van der Waals surface area contributed by atoms with Gasteiger partial charge in [-0.05, 0) is 50.3 Å². The van der Waals surface area contributed by atoms with Crippen molar-refractivity contribution in [2.24, 2.45) is 5.92 Å². The largest absolute Gasteiger partial charge is 0.367 e. The number of pyridine rings is 1. The molecule has 0 aliphatic carbocycles. The van der Waals surface area contributed by atoms with E-state index in [9.17, 15) is 4.79 Å². The summed E-state index contributed by atoms with van der Waals surface area (Å²) in [6.07, 6.45) is 4.96. The van der Waals surface area contributed by atoms with Crippen LogP contribution in [0.25, 0.3) is 0 Å². The SMILES string of the molecule is CSC[C@H]1CCN(C(=O)c2cccnc2NC(C)C)C1. The molecule has 0 saturated carbocycles. The van der Waals surface area contributed by atoms with Gasteiger partial charge in [-0.15, -0.1) is 0 Å². The number of carbonyl (C=O) groups excluding carboxylic acids is 1. The highest BCUT2D eigenvalue weighted by molar-refractivity contribution is 7.98. The third-order valence-electron chi connectivity index (χ3n) is 3.44. The first-order valence-electron chi connectivity index (χ1n) is 7.11. The molecule has 1 fully saturated rings. The van der Waals surface area contributed by atoms with Crippen molar-refractivity contribution in [3.8, 4) is 0 Å². The Hall–Kier alpha value is -1.23. The average molecular weight is 293 g/mol. The zero-order chi connectivity index (χ0) is 14.5. The number of hydrogen-bond acceptors (Lipinski definition) is 4. The van der Waals surface area contributed by atoms with Crippen molar-refractivity contribution in [1.29, 1.82) is 0 Å². The average Bonchev–Trinajstić information content (AvgIpc) is 2.87. The molecule has 110 valence electrons. The van der Waals surface area contributed by atoms with Gasteiger partial charge in [0.15, 0.2) is 0 Å². The maximum atomic E-state index is 12.6. The van der Waals surface area contributed by atoms with Crippen molar-refractivity contribution >= 4 is 23.5 Å². The molecule has 2 rings (SSSR count). The lowest BCUT2D eigenvalue weighted by Crippen LogP contribution is -2.30. The van der Waals surface area contributed by atoms with Crippen LogP contribution >= 0.6 is 11.8 Å². The van der Waals surface area contributed by atoms with Crippen LogP contribution in [-0.2, 0) is 0 Å². The third-order valence-corrected chi connectivity index (χ3v) is 4.24. The van der Waals surface area contributed by atoms with E-state index in [1.807, 2.05) is 42.6 Å². The molecule has 4 nitrogen and oxygen atoms in total. The van der Waals surface area contributed by atoms with Gasteiger partial charge in [-0.25, -0.2) is 4.98 Å². The molecule has 1 atom stereocenters. The van der Waals surface area contributed by atoms with Crippen molar-refractivity contribution in [3.05, 3.63) is 23.9 Å². The fourth-order valence-corrected chi connectivity index (χ4v) is 3.27. The van der Waals surface area contributed by atoms with Crippen LogP contribution in [0.5, 0.6) is 0 Å². The molecule has 1 aliphatic rings. The lowest BCUT2D eigenvalue weighted by Gasteiger charge is -2.19. The molecule has 2 heterocycles. The first-order valence-corrected chi connectivity index (χ1v) is 8.51. The van der Waals surface area contributed by atoms with Gasteiger partial charge in [0.1, 0.15) is 5.82 Å². The summed E-state index contributed by atoms with van der Waals surface area (Å²) in [4.78, 5) is 18.9. The molecule has 0 radical (unpaired) electrons. The van der Waals surface area contributed by atoms with E-state index >= 15 is 0 Å². The molecular formula is C15H23N3OS. The highest BCUT2D eigenvalue weighted by atomic mass is 32.2. The maximum absolute atomic E-state index is 12.6. The molecule has 1 aliphatic heterocycles. The molecule has 1 saturated heterocycles. The quantitative estimate of drug-likeness (QED) is 0.906. The molecule has 0 aromatic carbocycles. The Morgan fingerprint density at radius 3 is 3.10 bits per heavy atom. The molecule has 1 aromatic rings. The fourth-order valence-electron chi connectivity index (χ4n) is 2.53. The van der Waals surface area contributed by atoms with Gasteiger partial charge < -0.3 is 10.2 Å². The lowest BCUT2D eigenvalue weighted by molar-refractivity contribution is 0.0789. The number of anilines is 1. The second-order valence-electron chi connectivity index (χ2n) is 5.56. The number of likely N-dealkylation sites (tertiary alicyclic amines) is 1. The van der Waals surface area contributed by atoms with Crippen LogP contribution in [0.15, 0.2) is 18.3 Å². The number of nitrogens with zero attached hydrogens (tertiary/aromatic N) is 2. The molecule has 1 N–H and O–H groups in total. The summed E-state index contributed by atoms with van der Waals surface area (Å²) in [7, 11) is 0. The number of amides is 1. The zero-order valence-corrected chi connectivity index (χ0v) is 13.2. The predicted molar refractivity (Wildman–Crippen MR) is 85.4 cm³/mol. The molecule has 0 spiro atoms. The van der Waals surface area contributed by atoms with E-state index in [4.69, 9.17) is 0 Å². The highest BCUT2D eigenvalue weighted by Crippen LogP contribution is 2.23. The summed E-state index contributed by atoms with van der Waals surface area (Å²) in [5.74, 6) is 2.56. The van der Waals surface area contributed by atoms with E-state index in [1.165, 1.54) is 0 Å². The van der Waals surface area contributed by atoms with Crippen molar-refractivity contribution in [3.63, 3.8) is 0 Å². The van der Waals surface area contributed by atoms with E-state index in [1.54, 1.807) is 6.20 Å². The summed E-state index contributed by atoms with van der Waals surface area (Å²) < 4.78 is 0. The van der Waals surface area contributed by atoms with Crippen LogP contribution in [0.1, 0.15) is 30.6 Å². The van der Waals surface area contributed by atoms with Crippen LogP contribution in [-0.4, -0.2) is 46.9 Å². The van der Waals surface area contributed by atoms with E-state index in [0.717, 1.165) is 25.3 Å². The number of hydrogen-bond donors (Lipinski definition) is 1. The molecule has 1 aromatic heterocycles. The fraction of sp³-hybridized carbons (Fsp3) is 0.600.